The summed E-state index contributed by atoms with van der Waals surface area (Å²) < 4.78 is 15.6. The van der Waals surface area contributed by atoms with Gasteiger partial charge in [-0.3, -0.25) is 9.69 Å². The van der Waals surface area contributed by atoms with Crippen LogP contribution in [0.4, 0.5) is 4.39 Å². The van der Waals surface area contributed by atoms with E-state index in [0.29, 0.717) is 26.2 Å². The molecule has 7 nitrogen and oxygen atoms in total. The minimum Gasteiger partial charge on any atom is -0.336 e. The summed E-state index contributed by atoms with van der Waals surface area (Å²) in [5.74, 6) is -0.122. The molecule has 1 fully saturated rings. The van der Waals surface area contributed by atoms with Gasteiger partial charge in [-0.2, -0.15) is 0 Å². The summed E-state index contributed by atoms with van der Waals surface area (Å²) in [7, 11) is 1.80. The molecule has 1 aliphatic rings. The highest BCUT2D eigenvalue weighted by Crippen LogP contribution is 2.21. The van der Waals surface area contributed by atoms with Gasteiger partial charge in [-0.25, -0.2) is 9.07 Å². The Morgan fingerprint density at radius 1 is 1.29 bits per heavy atom. The third-order valence-electron chi connectivity index (χ3n) is 4.34. The number of tetrazole rings is 1. The number of rotatable bonds is 3. The van der Waals surface area contributed by atoms with Crippen molar-refractivity contribution in [3.05, 3.63) is 40.4 Å². The highest BCUT2D eigenvalue weighted by atomic mass is 35.5. The Kier molecular flexibility index (Phi) is 4.77. The molecule has 1 aromatic heterocycles. The van der Waals surface area contributed by atoms with Crippen molar-refractivity contribution >= 4 is 17.5 Å². The van der Waals surface area contributed by atoms with Crippen molar-refractivity contribution in [2.24, 2.45) is 7.05 Å². The molecule has 1 aliphatic heterocycles. The molecule has 0 aliphatic carbocycles. The zero-order valence-electron chi connectivity index (χ0n) is 13.5. The second-order valence-electron chi connectivity index (χ2n) is 5.79. The van der Waals surface area contributed by atoms with Gasteiger partial charge in [0.2, 0.25) is 0 Å². The van der Waals surface area contributed by atoms with Crippen LogP contribution in [0.1, 0.15) is 29.1 Å². The molecule has 1 aromatic carbocycles. The van der Waals surface area contributed by atoms with Crippen LogP contribution in [0.2, 0.25) is 5.02 Å². The summed E-state index contributed by atoms with van der Waals surface area (Å²) in [6.45, 7) is 4.43. The van der Waals surface area contributed by atoms with Gasteiger partial charge in [0.15, 0.2) is 5.82 Å². The smallest absolute Gasteiger partial charge is 0.256 e. The van der Waals surface area contributed by atoms with Crippen LogP contribution >= 0.6 is 11.6 Å². The monoisotopic (exact) mass is 352 g/mol. The van der Waals surface area contributed by atoms with Crippen LogP contribution in [0.15, 0.2) is 18.2 Å². The Balaban J connectivity index is 1.64. The molecule has 3 rings (SSSR count). The molecule has 2 heterocycles. The van der Waals surface area contributed by atoms with Gasteiger partial charge in [-0.05, 0) is 35.5 Å². The van der Waals surface area contributed by atoms with Crippen molar-refractivity contribution in [1.29, 1.82) is 0 Å². The SMILES string of the molecule is CC(c1nnnn1C)N1CCN(C(=O)c2ccc(Cl)cc2F)CC1. The fraction of sp³-hybridized carbons (Fsp3) is 0.467. The maximum Gasteiger partial charge on any atom is 0.256 e. The maximum atomic E-state index is 13.9. The van der Waals surface area contributed by atoms with Crippen molar-refractivity contribution < 1.29 is 9.18 Å². The Bertz CT molecular complexity index is 743. The van der Waals surface area contributed by atoms with Gasteiger partial charge in [0, 0.05) is 38.2 Å². The molecule has 2 aromatic rings. The third kappa shape index (κ3) is 3.25. The van der Waals surface area contributed by atoms with E-state index in [1.807, 2.05) is 6.92 Å². The lowest BCUT2D eigenvalue weighted by atomic mass is 10.1. The van der Waals surface area contributed by atoms with Crippen LogP contribution in [0.3, 0.4) is 0 Å². The molecule has 24 heavy (non-hydrogen) atoms. The summed E-state index contributed by atoms with van der Waals surface area (Å²) in [4.78, 5) is 16.3. The van der Waals surface area contributed by atoms with Crippen LogP contribution in [0.25, 0.3) is 0 Å². The molecule has 1 saturated heterocycles. The minimum atomic E-state index is -0.589. The van der Waals surface area contributed by atoms with E-state index in [2.05, 4.69) is 20.4 Å². The number of aromatic nitrogens is 4. The number of hydrogen-bond donors (Lipinski definition) is 0. The first-order valence-corrected chi connectivity index (χ1v) is 8.06. The molecule has 0 saturated carbocycles. The first-order valence-electron chi connectivity index (χ1n) is 7.68. The predicted octanol–water partition coefficient (Wildman–Crippen LogP) is 1.52. The van der Waals surface area contributed by atoms with E-state index < -0.39 is 5.82 Å². The Labute approximate surface area is 144 Å². The summed E-state index contributed by atoms with van der Waals surface area (Å²) in [6.07, 6.45) is 0. The topological polar surface area (TPSA) is 67.2 Å². The molecule has 1 atom stereocenters. The van der Waals surface area contributed by atoms with Crippen molar-refractivity contribution in [2.45, 2.75) is 13.0 Å². The molecule has 0 radical (unpaired) electrons. The number of hydrogen-bond acceptors (Lipinski definition) is 5. The average molecular weight is 353 g/mol. The van der Waals surface area contributed by atoms with E-state index >= 15 is 0 Å². The standard InChI is InChI=1S/C15H18ClFN6O/c1-10(14-18-19-20-21(14)2)22-5-7-23(8-6-22)15(24)12-4-3-11(16)9-13(12)17/h3-4,9-10H,5-8H2,1-2H3. The Morgan fingerprint density at radius 3 is 2.58 bits per heavy atom. The van der Waals surface area contributed by atoms with E-state index in [4.69, 9.17) is 11.6 Å². The minimum absolute atomic E-state index is 0.0505. The molecule has 0 N–H and O–H groups in total. The first-order chi connectivity index (χ1) is 11.5. The first kappa shape index (κ1) is 16.8. The van der Waals surface area contributed by atoms with Crippen LogP contribution in [0.5, 0.6) is 0 Å². The van der Waals surface area contributed by atoms with Crippen molar-refractivity contribution in [2.75, 3.05) is 26.2 Å². The Morgan fingerprint density at radius 2 is 2.00 bits per heavy atom. The van der Waals surface area contributed by atoms with Crippen LogP contribution in [-0.4, -0.2) is 62.1 Å². The van der Waals surface area contributed by atoms with E-state index in [-0.39, 0.29) is 22.5 Å². The molecular weight excluding hydrogens is 335 g/mol. The van der Waals surface area contributed by atoms with Gasteiger partial charge in [0.25, 0.3) is 5.91 Å². The lowest BCUT2D eigenvalue weighted by Crippen LogP contribution is -2.49. The summed E-state index contributed by atoms with van der Waals surface area (Å²) >= 11 is 5.73. The van der Waals surface area contributed by atoms with Crippen LogP contribution < -0.4 is 0 Å². The Hall–Kier alpha value is -2.06. The number of aryl methyl sites for hydroxylation is 1. The number of piperazine rings is 1. The average Bonchev–Trinajstić information content (AvgIpc) is 3.00. The quantitative estimate of drug-likeness (QED) is 0.838. The number of carbonyl (C=O) groups is 1. The predicted molar refractivity (Wildman–Crippen MR) is 86.1 cm³/mol. The normalized spacial score (nSPS) is 17.1. The number of carbonyl (C=O) groups excluding carboxylic acids is 1. The second-order valence-corrected chi connectivity index (χ2v) is 6.23. The van der Waals surface area contributed by atoms with E-state index in [1.165, 1.54) is 12.1 Å². The van der Waals surface area contributed by atoms with Gasteiger partial charge >= 0.3 is 0 Å². The highest BCUT2D eigenvalue weighted by Gasteiger charge is 2.28. The molecule has 128 valence electrons. The third-order valence-corrected chi connectivity index (χ3v) is 4.57. The fourth-order valence-electron chi connectivity index (χ4n) is 2.90. The van der Waals surface area contributed by atoms with E-state index in [0.717, 1.165) is 11.9 Å². The number of benzene rings is 1. The van der Waals surface area contributed by atoms with E-state index in [9.17, 15) is 9.18 Å². The summed E-state index contributed by atoms with van der Waals surface area (Å²) in [5.41, 5.74) is 0.0541. The molecule has 9 heteroatoms. The van der Waals surface area contributed by atoms with Gasteiger partial charge in [-0.1, -0.05) is 11.6 Å². The second kappa shape index (κ2) is 6.82. The molecule has 0 bridgehead atoms. The lowest BCUT2D eigenvalue weighted by Gasteiger charge is -2.37. The number of amides is 1. The van der Waals surface area contributed by atoms with Gasteiger partial charge in [-0.15, -0.1) is 5.10 Å². The molecule has 1 amide bonds. The van der Waals surface area contributed by atoms with Crippen LogP contribution in [0, 0.1) is 5.82 Å². The maximum absolute atomic E-state index is 13.9. The van der Waals surface area contributed by atoms with E-state index in [1.54, 1.807) is 16.6 Å². The molecule has 0 spiro atoms. The zero-order valence-corrected chi connectivity index (χ0v) is 14.2. The van der Waals surface area contributed by atoms with Crippen molar-refractivity contribution in [3.63, 3.8) is 0 Å². The largest absolute Gasteiger partial charge is 0.336 e. The van der Waals surface area contributed by atoms with Crippen molar-refractivity contribution in [1.82, 2.24) is 30.0 Å². The zero-order chi connectivity index (χ0) is 17.3. The van der Waals surface area contributed by atoms with Crippen molar-refractivity contribution in [3.8, 4) is 0 Å². The van der Waals surface area contributed by atoms with Crippen LogP contribution in [-0.2, 0) is 7.05 Å². The fourth-order valence-corrected chi connectivity index (χ4v) is 3.06. The van der Waals surface area contributed by atoms with Gasteiger partial charge in [0.05, 0.1) is 11.6 Å². The van der Waals surface area contributed by atoms with Gasteiger partial charge in [0.1, 0.15) is 5.82 Å². The number of halogens is 2. The summed E-state index contributed by atoms with van der Waals surface area (Å²) in [6, 6.07) is 4.17. The highest BCUT2D eigenvalue weighted by molar-refractivity contribution is 6.30. The lowest BCUT2D eigenvalue weighted by molar-refractivity contribution is 0.0567. The number of nitrogens with zero attached hydrogens (tertiary/aromatic N) is 6. The molecule has 1 unspecified atom stereocenters. The molecular formula is C15H18ClFN6O. The summed E-state index contributed by atoms with van der Waals surface area (Å²) in [5, 5.41) is 11.8. The van der Waals surface area contributed by atoms with Gasteiger partial charge < -0.3 is 4.90 Å².